The molecule has 0 saturated carbocycles. The largest absolute Gasteiger partial charge is 0.494 e. The normalized spacial score (nSPS) is 12.4. The second kappa shape index (κ2) is 6.68. The van der Waals surface area contributed by atoms with Crippen LogP contribution in [0, 0.1) is 0 Å². The molecule has 3 heterocycles. The van der Waals surface area contributed by atoms with Crippen LogP contribution in [0.25, 0.3) is 5.69 Å². The van der Waals surface area contributed by atoms with Crippen molar-refractivity contribution in [2.24, 2.45) is 0 Å². The number of rotatable bonds is 4. The lowest BCUT2D eigenvalue weighted by molar-refractivity contribution is 0.0879. The number of imide groups is 1. The van der Waals surface area contributed by atoms with E-state index in [1.165, 1.54) is 37.6 Å². The predicted molar refractivity (Wildman–Crippen MR) is 101 cm³/mol. The van der Waals surface area contributed by atoms with Crippen LogP contribution in [0.5, 0.6) is 5.75 Å². The lowest BCUT2D eigenvalue weighted by Crippen LogP contribution is -2.24. The summed E-state index contributed by atoms with van der Waals surface area (Å²) >= 11 is 0. The van der Waals surface area contributed by atoms with Gasteiger partial charge in [0, 0.05) is 12.1 Å². The highest BCUT2D eigenvalue weighted by Gasteiger charge is 2.32. The topological polar surface area (TPSA) is 146 Å². The lowest BCUT2D eigenvalue weighted by Gasteiger charge is -2.15. The van der Waals surface area contributed by atoms with Crippen LogP contribution < -0.4 is 26.7 Å². The summed E-state index contributed by atoms with van der Waals surface area (Å²) in [7, 11) is 1.39. The first-order chi connectivity index (χ1) is 13.9. The van der Waals surface area contributed by atoms with Crippen LogP contribution in [-0.2, 0) is 0 Å². The Kier molecular flexibility index (Phi) is 4.15. The van der Waals surface area contributed by atoms with Gasteiger partial charge in [-0.15, -0.1) is 0 Å². The number of nitrogens with zero attached hydrogens (tertiary/aromatic N) is 1. The van der Waals surface area contributed by atoms with Crippen LogP contribution in [0.2, 0.25) is 0 Å². The molecule has 0 spiro atoms. The van der Waals surface area contributed by atoms with Crippen molar-refractivity contribution in [3.63, 3.8) is 0 Å². The van der Waals surface area contributed by atoms with E-state index in [2.05, 4.69) is 10.6 Å². The first-order valence-corrected chi connectivity index (χ1v) is 8.35. The molecule has 0 bridgehead atoms. The maximum atomic E-state index is 12.5. The molecule has 0 saturated heterocycles. The second-order valence-electron chi connectivity index (χ2n) is 6.09. The Hall–Kier alpha value is -4.34. The molecule has 0 radical (unpaired) electrons. The highest BCUT2D eigenvalue weighted by atomic mass is 16.5. The van der Waals surface area contributed by atoms with Crippen LogP contribution >= 0.6 is 0 Å². The van der Waals surface area contributed by atoms with Gasteiger partial charge in [-0.2, -0.15) is 0 Å². The summed E-state index contributed by atoms with van der Waals surface area (Å²) in [5.41, 5.74) is 5.91. The van der Waals surface area contributed by atoms with Crippen molar-refractivity contribution in [3.05, 3.63) is 69.9 Å². The number of fused-ring (bicyclic) bond motifs is 1. The number of methoxy groups -OCH3 is 1. The molecule has 29 heavy (non-hydrogen) atoms. The number of hydrogen-bond acceptors (Lipinski definition) is 7. The van der Waals surface area contributed by atoms with Crippen LogP contribution in [0.3, 0.4) is 0 Å². The van der Waals surface area contributed by atoms with Crippen LogP contribution in [0.1, 0.15) is 31.3 Å². The highest BCUT2D eigenvalue weighted by Crippen LogP contribution is 2.30. The van der Waals surface area contributed by atoms with E-state index in [-0.39, 0.29) is 34.1 Å². The van der Waals surface area contributed by atoms with E-state index in [1.807, 2.05) is 0 Å². The molecule has 0 aliphatic carbocycles. The minimum atomic E-state index is -0.675. The number of carbonyl (C=O) groups excluding carboxylic acids is 3. The van der Waals surface area contributed by atoms with Gasteiger partial charge >= 0.3 is 0 Å². The maximum Gasteiger partial charge on any atom is 0.291 e. The van der Waals surface area contributed by atoms with Crippen LogP contribution in [0.15, 0.2) is 51.9 Å². The third-order valence-electron chi connectivity index (χ3n) is 4.39. The van der Waals surface area contributed by atoms with Crippen molar-refractivity contribution in [2.45, 2.75) is 0 Å². The molecule has 0 atom stereocenters. The van der Waals surface area contributed by atoms with Gasteiger partial charge in [-0.1, -0.05) is 0 Å². The number of nitrogen functional groups attached to an aromatic ring is 1. The zero-order valence-electron chi connectivity index (χ0n) is 15.0. The SMILES string of the molecule is COc1cc(-n2c(N)c3c(cc2=O)C(=O)NC3=O)ccc1NC(=O)c1ccco1. The second-order valence-corrected chi connectivity index (χ2v) is 6.09. The van der Waals surface area contributed by atoms with Crippen molar-refractivity contribution in [1.29, 1.82) is 0 Å². The first-order valence-electron chi connectivity index (χ1n) is 8.35. The molecule has 1 aromatic carbocycles. The third kappa shape index (κ3) is 2.92. The van der Waals surface area contributed by atoms with Gasteiger partial charge in [0.05, 0.1) is 35.9 Å². The Bertz CT molecular complexity index is 1230. The van der Waals surface area contributed by atoms with Gasteiger partial charge in [0.25, 0.3) is 23.3 Å². The molecule has 0 unspecified atom stereocenters. The number of nitrogens with one attached hydrogen (secondary N) is 2. The number of hydrogen-bond donors (Lipinski definition) is 3. The van der Waals surface area contributed by atoms with Gasteiger partial charge in [0.2, 0.25) is 0 Å². The third-order valence-corrected chi connectivity index (χ3v) is 4.39. The molecule has 0 fully saturated rings. The zero-order chi connectivity index (χ0) is 20.7. The zero-order valence-corrected chi connectivity index (χ0v) is 15.0. The van der Waals surface area contributed by atoms with Gasteiger partial charge in [-0.3, -0.25) is 29.1 Å². The predicted octanol–water partition coefficient (Wildman–Crippen LogP) is 1.16. The number of aromatic nitrogens is 1. The smallest absolute Gasteiger partial charge is 0.291 e. The van der Waals surface area contributed by atoms with Gasteiger partial charge < -0.3 is 20.2 Å². The molecule has 4 N–H and O–H groups in total. The quantitative estimate of drug-likeness (QED) is 0.563. The maximum absolute atomic E-state index is 12.5. The Morgan fingerprint density at radius 3 is 2.66 bits per heavy atom. The minimum absolute atomic E-state index is 0.0660. The number of anilines is 2. The summed E-state index contributed by atoms with van der Waals surface area (Å²) in [6, 6.07) is 8.63. The fourth-order valence-corrected chi connectivity index (χ4v) is 3.06. The van der Waals surface area contributed by atoms with Gasteiger partial charge in [0.15, 0.2) is 5.76 Å². The van der Waals surface area contributed by atoms with Crippen LogP contribution in [0.4, 0.5) is 11.5 Å². The molecule has 1 aliphatic heterocycles. The molecular weight excluding hydrogens is 380 g/mol. The van der Waals surface area contributed by atoms with E-state index >= 15 is 0 Å². The van der Waals surface area contributed by atoms with Crippen molar-refractivity contribution in [2.75, 3.05) is 18.2 Å². The fraction of sp³-hybridized carbons (Fsp3) is 0.0526. The number of benzene rings is 1. The van der Waals surface area contributed by atoms with Crippen molar-refractivity contribution in [1.82, 2.24) is 9.88 Å². The van der Waals surface area contributed by atoms with Gasteiger partial charge in [-0.05, 0) is 24.3 Å². The first kappa shape index (κ1) is 18.0. The minimum Gasteiger partial charge on any atom is -0.494 e. The Labute approximate surface area is 162 Å². The molecule has 10 heteroatoms. The number of amides is 3. The lowest BCUT2D eigenvalue weighted by atomic mass is 10.1. The summed E-state index contributed by atoms with van der Waals surface area (Å²) < 4.78 is 11.4. The van der Waals surface area contributed by atoms with E-state index in [0.717, 1.165) is 10.6 Å². The fourth-order valence-electron chi connectivity index (χ4n) is 3.06. The number of furan rings is 1. The standard InChI is InChI=1S/C19H14N4O6/c1-28-13-7-9(4-5-11(13)21-18(26)12-3-2-6-29-12)23-14(24)8-10-15(16(23)20)19(27)22-17(10)25/h2-8H,20H2,1H3,(H,21,26)(H,22,25,27). The summed E-state index contributed by atoms with van der Waals surface area (Å²) in [5, 5.41) is 4.75. The van der Waals surface area contributed by atoms with E-state index in [0.29, 0.717) is 5.69 Å². The molecule has 3 amide bonds. The van der Waals surface area contributed by atoms with Gasteiger partial charge in [0.1, 0.15) is 11.6 Å². The van der Waals surface area contributed by atoms with E-state index < -0.39 is 23.3 Å². The molecule has 4 rings (SSSR count). The summed E-state index contributed by atoms with van der Waals surface area (Å²) in [5.74, 6) is -1.64. The molecular formula is C19H14N4O6. The number of nitrogens with two attached hydrogens (primary N) is 1. The molecule has 2 aromatic heterocycles. The van der Waals surface area contributed by atoms with Crippen molar-refractivity contribution in [3.8, 4) is 11.4 Å². The molecule has 3 aromatic rings. The van der Waals surface area contributed by atoms with Crippen LogP contribution in [-0.4, -0.2) is 29.4 Å². The molecule has 1 aliphatic rings. The van der Waals surface area contributed by atoms with Crippen molar-refractivity contribution >= 4 is 29.2 Å². The van der Waals surface area contributed by atoms with Crippen molar-refractivity contribution < 1.29 is 23.5 Å². The number of carbonyl (C=O) groups is 3. The summed E-state index contributed by atoms with van der Waals surface area (Å²) in [6.07, 6.45) is 1.37. The summed E-state index contributed by atoms with van der Waals surface area (Å²) in [4.78, 5) is 48.5. The summed E-state index contributed by atoms with van der Waals surface area (Å²) in [6.45, 7) is 0. The average Bonchev–Trinajstić information content (AvgIpc) is 3.31. The monoisotopic (exact) mass is 394 g/mol. The van der Waals surface area contributed by atoms with E-state index in [1.54, 1.807) is 6.07 Å². The Balaban J connectivity index is 1.77. The van der Waals surface area contributed by atoms with E-state index in [4.69, 9.17) is 14.9 Å². The number of pyridine rings is 1. The van der Waals surface area contributed by atoms with Gasteiger partial charge in [-0.25, -0.2) is 0 Å². The highest BCUT2D eigenvalue weighted by molar-refractivity contribution is 6.23. The van der Waals surface area contributed by atoms with E-state index in [9.17, 15) is 19.2 Å². The molecule has 146 valence electrons. The Morgan fingerprint density at radius 2 is 1.97 bits per heavy atom. The molecule has 10 nitrogen and oxygen atoms in total. The Morgan fingerprint density at radius 1 is 1.17 bits per heavy atom. The number of ether oxygens (including phenoxy) is 1. The average molecular weight is 394 g/mol.